The molecule has 1 aliphatic carbocycles. The zero-order valence-corrected chi connectivity index (χ0v) is 19.0. The highest BCUT2D eigenvalue weighted by atomic mass is 32.2. The van der Waals surface area contributed by atoms with Crippen LogP contribution in [-0.4, -0.2) is 27.8 Å². The third kappa shape index (κ3) is 4.78. The number of thioether (sulfide) groups is 1. The third-order valence-electron chi connectivity index (χ3n) is 5.52. The summed E-state index contributed by atoms with van der Waals surface area (Å²) in [5.74, 6) is 1.95. The predicted octanol–water partition coefficient (Wildman–Crippen LogP) is 5.63. The number of methoxy groups -OCH3 is 1. The van der Waals surface area contributed by atoms with Crippen molar-refractivity contribution in [1.82, 2.24) is 14.8 Å². The molecule has 1 amide bonds. The van der Waals surface area contributed by atoms with Gasteiger partial charge in [0.25, 0.3) is 0 Å². The van der Waals surface area contributed by atoms with E-state index >= 15 is 0 Å². The lowest BCUT2D eigenvalue weighted by atomic mass is 10.1. The van der Waals surface area contributed by atoms with E-state index in [0.29, 0.717) is 22.5 Å². The molecule has 0 unspecified atom stereocenters. The molecule has 1 saturated carbocycles. The molecule has 7 heteroatoms. The Balaban J connectivity index is 1.49. The van der Waals surface area contributed by atoms with E-state index in [4.69, 9.17) is 4.74 Å². The van der Waals surface area contributed by atoms with Crippen LogP contribution in [0.5, 0.6) is 5.75 Å². The van der Waals surface area contributed by atoms with Gasteiger partial charge in [0.15, 0.2) is 5.16 Å². The molecule has 1 atom stereocenters. The topological polar surface area (TPSA) is 69.0 Å². The van der Waals surface area contributed by atoms with Crippen LogP contribution in [0.1, 0.15) is 35.4 Å². The number of ether oxygens (including phenoxy) is 1. The Morgan fingerprint density at radius 2 is 1.73 bits per heavy atom. The lowest BCUT2D eigenvalue weighted by molar-refractivity contribution is -0.115. The van der Waals surface area contributed by atoms with Crippen LogP contribution in [0.2, 0.25) is 0 Å². The van der Waals surface area contributed by atoms with Gasteiger partial charge in [-0.05, 0) is 42.7 Å². The van der Waals surface area contributed by atoms with Crippen molar-refractivity contribution in [3.05, 3.63) is 96.3 Å². The first-order valence-electron chi connectivity index (χ1n) is 10.9. The quantitative estimate of drug-likeness (QED) is 0.348. The van der Waals surface area contributed by atoms with Crippen molar-refractivity contribution in [3.63, 3.8) is 0 Å². The van der Waals surface area contributed by atoms with E-state index in [9.17, 15) is 4.79 Å². The summed E-state index contributed by atoms with van der Waals surface area (Å²) in [5.41, 5.74) is 2.59. The second kappa shape index (κ2) is 9.50. The number of carbonyl (C=O) groups excluding carboxylic acids is 1. The Labute approximate surface area is 197 Å². The molecule has 1 N–H and O–H groups in total. The number of hydrogen-bond acceptors (Lipinski definition) is 5. The summed E-state index contributed by atoms with van der Waals surface area (Å²) >= 11 is 1.41. The SMILES string of the molecule is COc1cccc(NC(=O)[C@@H](Sc2nnc(C3CC3)n2-c2ccccc2)c2ccccc2)c1. The molecule has 0 bridgehead atoms. The van der Waals surface area contributed by atoms with Gasteiger partial charge in [0.2, 0.25) is 5.91 Å². The number of amides is 1. The smallest absolute Gasteiger partial charge is 0.242 e. The molecular weight excluding hydrogens is 432 g/mol. The van der Waals surface area contributed by atoms with Crippen molar-refractivity contribution in [2.24, 2.45) is 0 Å². The van der Waals surface area contributed by atoms with Gasteiger partial charge in [-0.1, -0.05) is 66.4 Å². The molecule has 1 aromatic heterocycles. The van der Waals surface area contributed by atoms with E-state index in [0.717, 1.165) is 29.9 Å². The highest BCUT2D eigenvalue weighted by Crippen LogP contribution is 2.43. The van der Waals surface area contributed by atoms with E-state index in [-0.39, 0.29) is 5.91 Å². The molecule has 0 spiro atoms. The van der Waals surface area contributed by atoms with Gasteiger partial charge in [-0.2, -0.15) is 0 Å². The van der Waals surface area contributed by atoms with Crippen LogP contribution in [0.3, 0.4) is 0 Å². The van der Waals surface area contributed by atoms with Crippen molar-refractivity contribution in [1.29, 1.82) is 0 Å². The van der Waals surface area contributed by atoms with E-state index < -0.39 is 5.25 Å². The number of anilines is 1. The lowest BCUT2D eigenvalue weighted by Crippen LogP contribution is -2.19. The summed E-state index contributed by atoms with van der Waals surface area (Å²) in [4.78, 5) is 13.5. The summed E-state index contributed by atoms with van der Waals surface area (Å²) in [5, 5.41) is 12.3. The molecule has 0 saturated heterocycles. The third-order valence-corrected chi connectivity index (χ3v) is 6.71. The number of para-hydroxylation sites is 1. The molecule has 1 heterocycles. The molecule has 1 aliphatic rings. The molecule has 166 valence electrons. The first-order chi connectivity index (χ1) is 16.2. The van der Waals surface area contributed by atoms with Crippen LogP contribution < -0.4 is 10.1 Å². The highest BCUT2D eigenvalue weighted by Gasteiger charge is 2.33. The molecule has 6 nitrogen and oxygen atoms in total. The van der Waals surface area contributed by atoms with E-state index in [1.807, 2.05) is 84.9 Å². The van der Waals surface area contributed by atoms with Crippen LogP contribution >= 0.6 is 11.8 Å². The first-order valence-corrected chi connectivity index (χ1v) is 11.8. The average Bonchev–Trinajstić information content (AvgIpc) is 3.63. The summed E-state index contributed by atoms with van der Waals surface area (Å²) in [7, 11) is 1.61. The fourth-order valence-electron chi connectivity index (χ4n) is 3.70. The van der Waals surface area contributed by atoms with Crippen molar-refractivity contribution in [2.75, 3.05) is 12.4 Å². The average molecular weight is 457 g/mol. The zero-order chi connectivity index (χ0) is 22.6. The Kier molecular flexibility index (Phi) is 6.13. The second-order valence-corrected chi connectivity index (χ2v) is 8.99. The normalized spacial score (nSPS) is 14.0. The largest absolute Gasteiger partial charge is 0.497 e. The summed E-state index contributed by atoms with van der Waals surface area (Å²) in [6, 6.07) is 27.2. The lowest BCUT2D eigenvalue weighted by Gasteiger charge is -2.18. The molecule has 5 rings (SSSR count). The summed E-state index contributed by atoms with van der Waals surface area (Å²) in [6.07, 6.45) is 2.24. The van der Waals surface area contributed by atoms with Gasteiger partial charge < -0.3 is 10.1 Å². The molecule has 33 heavy (non-hydrogen) atoms. The minimum atomic E-state index is -0.504. The molecule has 4 aromatic rings. The fourth-order valence-corrected chi connectivity index (χ4v) is 4.76. The fraction of sp³-hybridized carbons (Fsp3) is 0.192. The van der Waals surface area contributed by atoms with Gasteiger partial charge in [-0.25, -0.2) is 0 Å². The van der Waals surface area contributed by atoms with Crippen LogP contribution in [-0.2, 0) is 4.79 Å². The van der Waals surface area contributed by atoms with Crippen LogP contribution in [0, 0.1) is 0 Å². The van der Waals surface area contributed by atoms with Gasteiger partial charge >= 0.3 is 0 Å². The van der Waals surface area contributed by atoms with Crippen molar-refractivity contribution in [3.8, 4) is 11.4 Å². The van der Waals surface area contributed by atoms with Crippen LogP contribution in [0.4, 0.5) is 5.69 Å². The zero-order valence-electron chi connectivity index (χ0n) is 18.2. The molecular formula is C26H24N4O2S. The minimum absolute atomic E-state index is 0.130. The number of nitrogens with zero attached hydrogens (tertiary/aromatic N) is 3. The standard InChI is InChI=1S/C26H24N4O2S/c1-32-22-14-8-11-20(17-22)27-25(31)23(18-9-4-2-5-10-18)33-26-29-28-24(19-15-16-19)30(26)21-12-6-3-7-13-21/h2-14,17,19,23H,15-16H2,1H3,(H,27,31)/t23-/m0/s1. The number of hydrogen-bond donors (Lipinski definition) is 1. The van der Waals surface area contributed by atoms with E-state index in [1.165, 1.54) is 11.8 Å². The summed E-state index contributed by atoms with van der Waals surface area (Å²) in [6.45, 7) is 0. The number of rotatable bonds is 8. The van der Waals surface area contributed by atoms with Crippen molar-refractivity contribution >= 4 is 23.4 Å². The molecule has 1 fully saturated rings. The van der Waals surface area contributed by atoms with Crippen LogP contribution in [0.15, 0.2) is 90.1 Å². The maximum atomic E-state index is 13.5. The van der Waals surface area contributed by atoms with Crippen molar-refractivity contribution in [2.45, 2.75) is 29.2 Å². The minimum Gasteiger partial charge on any atom is -0.497 e. The van der Waals surface area contributed by atoms with Gasteiger partial charge in [0.1, 0.15) is 16.8 Å². The van der Waals surface area contributed by atoms with Gasteiger partial charge in [-0.15, -0.1) is 10.2 Å². The van der Waals surface area contributed by atoms with Crippen LogP contribution in [0.25, 0.3) is 5.69 Å². The Bertz CT molecular complexity index is 1240. The summed E-state index contributed by atoms with van der Waals surface area (Å²) < 4.78 is 7.39. The number of nitrogens with one attached hydrogen (secondary N) is 1. The van der Waals surface area contributed by atoms with Gasteiger partial charge in [0, 0.05) is 23.4 Å². The molecule has 3 aromatic carbocycles. The maximum absolute atomic E-state index is 13.5. The van der Waals surface area contributed by atoms with E-state index in [1.54, 1.807) is 7.11 Å². The van der Waals surface area contributed by atoms with E-state index in [2.05, 4.69) is 20.1 Å². The molecule has 0 aliphatic heterocycles. The number of benzene rings is 3. The molecule has 0 radical (unpaired) electrons. The Morgan fingerprint density at radius 3 is 2.42 bits per heavy atom. The van der Waals surface area contributed by atoms with Gasteiger partial charge in [-0.3, -0.25) is 9.36 Å². The Hall–Kier alpha value is -3.58. The highest BCUT2D eigenvalue weighted by molar-refractivity contribution is 8.00. The van der Waals surface area contributed by atoms with Crippen molar-refractivity contribution < 1.29 is 9.53 Å². The maximum Gasteiger partial charge on any atom is 0.242 e. The monoisotopic (exact) mass is 456 g/mol. The number of carbonyl (C=O) groups is 1. The predicted molar refractivity (Wildman–Crippen MR) is 130 cm³/mol. The van der Waals surface area contributed by atoms with Gasteiger partial charge in [0.05, 0.1) is 7.11 Å². The number of aromatic nitrogens is 3. The second-order valence-electron chi connectivity index (χ2n) is 7.92. The Morgan fingerprint density at radius 1 is 1.00 bits per heavy atom. The first kappa shape index (κ1) is 21.3.